The SMILES string of the molecule is NC(=O)[C@H](CO)NC(=O)CCCCCN1C(=O)C=CC1=O. The molecule has 8 heteroatoms. The van der Waals surface area contributed by atoms with Gasteiger partial charge in [-0.1, -0.05) is 6.42 Å². The van der Waals surface area contributed by atoms with Gasteiger partial charge in [-0.05, 0) is 12.8 Å². The van der Waals surface area contributed by atoms with E-state index in [1.807, 2.05) is 0 Å². The number of nitrogens with zero attached hydrogens (tertiary/aromatic N) is 1. The molecule has 1 heterocycles. The van der Waals surface area contributed by atoms with Gasteiger partial charge in [0.15, 0.2) is 0 Å². The maximum absolute atomic E-state index is 11.5. The smallest absolute Gasteiger partial charge is 0.253 e. The number of carbonyl (C=O) groups excluding carboxylic acids is 4. The van der Waals surface area contributed by atoms with Crippen LogP contribution in [0.2, 0.25) is 0 Å². The van der Waals surface area contributed by atoms with Crippen molar-refractivity contribution in [1.29, 1.82) is 0 Å². The summed E-state index contributed by atoms with van der Waals surface area (Å²) < 4.78 is 0. The Morgan fingerprint density at radius 3 is 2.33 bits per heavy atom. The van der Waals surface area contributed by atoms with Crippen molar-refractivity contribution in [3.63, 3.8) is 0 Å². The summed E-state index contributed by atoms with van der Waals surface area (Å²) in [5.41, 5.74) is 4.98. The number of aliphatic hydroxyl groups is 1. The lowest BCUT2D eigenvalue weighted by Gasteiger charge is -2.14. The molecule has 0 spiro atoms. The Morgan fingerprint density at radius 2 is 1.81 bits per heavy atom. The van der Waals surface area contributed by atoms with Crippen LogP contribution in [0.1, 0.15) is 25.7 Å². The third-order valence-electron chi connectivity index (χ3n) is 3.05. The second-order valence-corrected chi connectivity index (χ2v) is 4.68. The summed E-state index contributed by atoms with van der Waals surface area (Å²) in [6, 6.07) is -1.07. The molecule has 1 aliphatic heterocycles. The minimum absolute atomic E-state index is 0.184. The highest BCUT2D eigenvalue weighted by Gasteiger charge is 2.22. The van der Waals surface area contributed by atoms with Gasteiger partial charge in [-0.2, -0.15) is 0 Å². The fourth-order valence-corrected chi connectivity index (χ4v) is 1.86. The van der Waals surface area contributed by atoms with Gasteiger partial charge in [0.05, 0.1) is 6.61 Å². The number of hydrogen-bond acceptors (Lipinski definition) is 5. The molecule has 0 aliphatic carbocycles. The van der Waals surface area contributed by atoms with Gasteiger partial charge < -0.3 is 16.2 Å². The number of hydrogen-bond donors (Lipinski definition) is 3. The Labute approximate surface area is 122 Å². The largest absolute Gasteiger partial charge is 0.394 e. The quantitative estimate of drug-likeness (QED) is 0.350. The summed E-state index contributed by atoms with van der Waals surface area (Å²) in [5.74, 6) is -1.79. The first kappa shape index (κ1) is 16.8. The second kappa shape index (κ2) is 8.15. The van der Waals surface area contributed by atoms with Gasteiger partial charge in [-0.3, -0.25) is 24.1 Å². The minimum atomic E-state index is -1.07. The summed E-state index contributed by atoms with van der Waals surface area (Å²) in [4.78, 5) is 46.0. The molecule has 1 rings (SSSR count). The lowest BCUT2D eigenvalue weighted by Crippen LogP contribution is -2.46. The second-order valence-electron chi connectivity index (χ2n) is 4.68. The van der Waals surface area contributed by atoms with E-state index in [-0.39, 0.29) is 24.1 Å². The zero-order chi connectivity index (χ0) is 15.8. The highest BCUT2D eigenvalue weighted by atomic mass is 16.3. The van der Waals surface area contributed by atoms with Gasteiger partial charge in [-0.25, -0.2) is 0 Å². The fourth-order valence-electron chi connectivity index (χ4n) is 1.86. The molecule has 0 radical (unpaired) electrons. The topological polar surface area (TPSA) is 130 Å². The summed E-state index contributed by atoms with van der Waals surface area (Å²) >= 11 is 0. The summed E-state index contributed by atoms with van der Waals surface area (Å²) in [6.07, 6.45) is 4.45. The van der Waals surface area contributed by atoms with Crippen LogP contribution in [-0.2, 0) is 19.2 Å². The molecule has 1 aliphatic rings. The van der Waals surface area contributed by atoms with E-state index in [0.29, 0.717) is 25.8 Å². The van der Waals surface area contributed by atoms with Crippen molar-refractivity contribution in [2.75, 3.05) is 13.2 Å². The predicted molar refractivity (Wildman–Crippen MR) is 72.5 cm³/mol. The van der Waals surface area contributed by atoms with Crippen LogP contribution >= 0.6 is 0 Å². The van der Waals surface area contributed by atoms with E-state index in [1.165, 1.54) is 12.2 Å². The van der Waals surface area contributed by atoms with Gasteiger partial charge >= 0.3 is 0 Å². The van der Waals surface area contributed by atoms with E-state index in [4.69, 9.17) is 10.8 Å². The third-order valence-corrected chi connectivity index (χ3v) is 3.05. The van der Waals surface area contributed by atoms with E-state index in [1.54, 1.807) is 0 Å². The summed E-state index contributed by atoms with van der Waals surface area (Å²) in [6.45, 7) is -0.208. The van der Waals surface area contributed by atoms with Crippen LogP contribution in [0, 0.1) is 0 Å². The van der Waals surface area contributed by atoms with Crippen molar-refractivity contribution in [2.24, 2.45) is 5.73 Å². The number of primary amides is 1. The molecule has 0 bridgehead atoms. The van der Waals surface area contributed by atoms with Crippen molar-refractivity contribution in [2.45, 2.75) is 31.7 Å². The van der Waals surface area contributed by atoms with E-state index < -0.39 is 18.6 Å². The molecular weight excluding hydrogens is 278 g/mol. The molecule has 8 nitrogen and oxygen atoms in total. The van der Waals surface area contributed by atoms with Crippen LogP contribution in [0.4, 0.5) is 0 Å². The molecule has 0 aromatic carbocycles. The molecular formula is C13H19N3O5. The number of imide groups is 1. The molecule has 0 fully saturated rings. The van der Waals surface area contributed by atoms with Gasteiger partial charge in [0.1, 0.15) is 6.04 Å². The minimum Gasteiger partial charge on any atom is -0.394 e. The van der Waals surface area contributed by atoms with Crippen LogP contribution in [0.5, 0.6) is 0 Å². The molecule has 1 atom stereocenters. The van der Waals surface area contributed by atoms with Crippen LogP contribution in [0.25, 0.3) is 0 Å². The number of nitrogens with one attached hydrogen (secondary N) is 1. The van der Waals surface area contributed by atoms with Crippen LogP contribution < -0.4 is 11.1 Å². The maximum Gasteiger partial charge on any atom is 0.253 e. The summed E-state index contributed by atoms with van der Waals surface area (Å²) in [5, 5.41) is 11.2. The third kappa shape index (κ3) is 5.35. The zero-order valence-electron chi connectivity index (χ0n) is 11.6. The molecule has 0 saturated heterocycles. The molecule has 0 saturated carbocycles. The van der Waals surface area contributed by atoms with Gasteiger partial charge in [0, 0.05) is 25.1 Å². The Kier molecular flexibility index (Phi) is 6.54. The average molecular weight is 297 g/mol. The molecule has 4 N–H and O–H groups in total. The fraction of sp³-hybridized carbons (Fsp3) is 0.538. The monoisotopic (exact) mass is 297 g/mol. The van der Waals surface area contributed by atoms with Crippen molar-refractivity contribution < 1.29 is 24.3 Å². The van der Waals surface area contributed by atoms with Crippen molar-refractivity contribution >= 4 is 23.6 Å². The molecule has 0 unspecified atom stereocenters. The van der Waals surface area contributed by atoms with E-state index in [0.717, 1.165) is 4.90 Å². The predicted octanol–water partition coefficient (Wildman–Crippen LogP) is -1.57. The Hall–Kier alpha value is -2.22. The van der Waals surface area contributed by atoms with Gasteiger partial charge in [-0.15, -0.1) is 0 Å². The zero-order valence-corrected chi connectivity index (χ0v) is 11.6. The maximum atomic E-state index is 11.5. The van der Waals surface area contributed by atoms with E-state index in [2.05, 4.69) is 5.32 Å². The molecule has 0 aromatic heterocycles. The first-order valence-corrected chi connectivity index (χ1v) is 6.68. The van der Waals surface area contributed by atoms with Crippen LogP contribution in [0.3, 0.4) is 0 Å². The number of nitrogens with two attached hydrogens (primary N) is 1. The molecule has 0 aromatic rings. The van der Waals surface area contributed by atoms with Crippen molar-refractivity contribution in [1.82, 2.24) is 10.2 Å². The number of rotatable bonds is 9. The Balaban J connectivity index is 2.14. The van der Waals surface area contributed by atoms with Crippen LogP contribution in [-0.4, -0.2) is 52.8 Å². The standard InChI is InChI=1S/C13H19N3O5/c14-13(21)9(8-17)15-10(18)4-2-1-3-7-16-11(19)5-6-12(16)20/h5-6,9,17H,1-4,7-8H2,(H2,14,21)(H,15,18)/t9-/m0/s1. The summed E-state index contributed by atoms with van der Waals surface area (Å²) in [7, 11) is 0. The highest BCUT2D eigenvalue weighted by Crippen LogP contribution is 2.07. The van der Waals surface area contributed by atoms with Gasteiger partial charge in [0.2, 0.25) is 11.8 Å². The number of amides is 4. The highest BCUT2D eigenvalue weighted by molar-refractivity contribution is 6.12. The lowest BCUT2D eigenvalue weighted by atomic mass is 10.1. The lowest BCUT2D eigenvalue weighted by molar-refractivity contribution is -0.137. The first-order valence-electron chi connectivity index (χ1n) is 6.68. The molecule has 116 valence electrons. The van der Waals surface area contributed by atoms with Gasteiger partial charge in [0.25, 0.3) is 11.8 Å². The first-order chi connectivity index (χ1) is 9.95. The Bertz CT molecular complexity index is 443. The molecule has 4 amide bonds. The van der Waals surface area contributed by atoms with Crippen molar-refractivity contribution in [3.05, 3.63) is 12.2 Å². The molecule has 21 heavy (non-hydrogen) atoms. The normalized spacial score (nSPS) is 15.4. The average Bonchev–Trinajstić information content (AvgIpc) is 2.75. The number of unbranched alkanes of at least 4 members (excludes halogenated alkanes) is 2. The number of carbonyl (C=O) groups is 4. The number of aliphatic hydroxyl groups excluding tert-OH is 1. The van der Waals surface area contributed by atoms with Crippen LogP contribution in [0.15, 0.2) is 12.2 Å². The van der Waals surface area contributed by atoms with Crippen molar-refractivity contribution in [3.8, 4) is 0 Å². The Morgan fingerprint density at radius 1 is 1.19 bits per heavy atom. The van der Waals surface area contributed by atoms with E-state index in [9.17, 15) is 19.2 Å². The van der Waals surface area contributed by atoms with E-state index >= 15 is 0 Å².